The van der Waals surface area contributed by atoms with Gasteiger partial charge in [0.05, 0.1) is 0 Å². The largest absolute Gasteiger partial charge is 0.489 e. The SMILES string of the molecule is N#Cc1c(N)[nH]c(=O)c(C#N)c1-c1ccccc1COc1ccccc1. The summed E-state index contributed by atoms with van der Waals surface area (Å²) in [6.45, 7) is 0.211. The van der Waals surface area contributed by atoms with E-state index in [-0.39, 0.29) is 29.1 Å². The van der Waals surface area contributed by atoms with Crippen LogP contribution in [0.4, 0.5) is 5.82 Å². The fourth-order valence-electron chi connectivity index (χ4n) is 2.68. The predicted octanol–water partition coefficient (Wildman–Crippen LogP) is 2.95. The highest BCUT2D eigenvalue weighted by Gasteiger charge is 2.20. The Labute approximate surface area is 149 Å². The molecule has 0 aliphatic carbocycles. The number of H-pyrrole nitrogens is 1. The summed E-state index contributed by atoms with van der Waals surface area (Å²) in [6.07, 6.45) is 0. The van der Waals surface area contributed by atoms with Gasteiger partial charge in [-0.2, -0.15) is 10.5 Å². The molecule has 0 radical (unpaired) electrons. The predicted molar refractivity (Wildman–Crippen MR) is 97.1 cm³/mol. The van der Waals surface area contributed by atoms with Crippen molar-refractivity contribution in [2.75, 3.05) is 5.73 Å². The quantitative estimate of drug-likeness (QED) is 0.756. The van der Waals surface area contributed by atoms with E-state index in [0.29, 0.717) is 11.3 Å². The normalized spacial score (nSPS) is 9.92. The summed E-state index contributed by atoms with van der Waals surface area (Å²) in [4.78, 5) is 14.5. The second-order valence-electron chi connectivity index (χ2n) is 5.48. The lowest BCUT2D eigenvalue weighted by molar-refractivity contribution is 0.307. The second kappa shape index (κ2) is 7.25. The van der Waals surface area contributed by atoms with Gasteiger partial charge in [-0.25, -0.2) is 0 Å². The van der Waals surface area contributed by atoms with Crippen LogP contribution < -0.4 is 16.0 Å². The van der Waals surface area contributed by atoms with Crippen molar-refractivity contribution in [1.82, 2.24) is 4.98 Å². The van der Waals surface area contributed by atoms with Crippen molar-refractivity contribution in [3.63, 3.8) is 0 Å². The van der Waals surface area contributed by atoms with Gasteiger partial charge in [0.2, 0.25) is 0 Å². The van der Waals surface area contributed by atoms with E-state index < -0.39 is 5.56 Å². The molecule has 0 fully saturated rings. The van der Waals surface area contributed by atoms with Crippen molar-refractivity contribution in [2.24, 2.45) is 0 Å². The molecule has 0 unspecified atom stereocenters. The molecule has 0 amide bonds. The fraction of sp³-hybridized carbons (Fsp3) is 0.0500. The number of para-hydroxylation sites is 1. The zero-order chi connectivity index (χ0) is 18.5. The molecule has 0 atom stereocenters. The highest BCUT2D eigenvalue weighted by Crippen LogP contribution is 2.31. The number of benzene rings is 2. The average Bonchev–Trinajstić information content (AvgIpc) is 2.67. The summed E-state index contributed by atoms with van der Waals surface area (Å²) in [7, 11) is 0. The Morgan fingerprint density at radius 1 is 0.962 bits per heavy atom. The van der Waals surface area contributed by atoms with Crippen LogP contribution in [0.5, 0.6) is 5.75 Å². The van der Waals surface area contributed by atoms with Gasteiger partial charge in [0.1, 0.15) is 41.4 Å². The first kappa shape index (κ1) is 16.8. The Morgan fingerprint density at radius 2 is 1.62 bits per heavy atom. The van der Waals surface area contributed by atoms with Gasteiger partial charge >= 0.3 is 0 Å². The lowest BCUT2D eigenvalue weighted by Gasteiger charge is -2.14. The summed E-state index contributed by atoms with van der Waals surface area (Å²) in [5.74, 6) is 0.624. The van der Waals surface area contributed by atoms with Crippen LogP contribution in [0, 0.1) is 22.7 Å². The Morgan fingerprint density at radius 3 is 2.31 bits per heavy atom. The number of pyridine rings is 1. The van der Waals surface area contributed by atoms with E-state index in [0.717, 1.165) is 5.56 Å². The summed E-state index contributed by atoms with van der Waals surface area (Å²) in [6, 6.07) is 20.3. The van der Waals surface area contributed by atoms with Crippen LogP contribution in [0.2, 0.25) is 0 Å². The lowest BCUT2D eigenvalue weighted by Crippen LogP contribution is -2.16. The van der Waals surface area contributed by atoms with E-state index in [1.807, 2.05) is 54.6 Å². The maximum atomic E-state index is 12.1. The molecule has 2 aromatic carbocycles. The second-order valence-corrected chi connectivity index (χ2v) is 5.48. The monoisotopic (exact) mass is 342 g/mol. The number of ether oxygens (including phenoxy) is 1. The van der Waals surface area contributed by atoms with E-state index in [9.17, 15) is 15.3 Å². The molecule has 3 aromatic rings. The van der Waals surface area contributed by atoms with Crippen LogP contribution >= 0.6 is 0 Å². The molecule has 3 N–H and O–H groups in total. The van der Waals surface area contributed by atoms with Crippen LogP contribution in [0.15, 0.2) is 59.4 Å². The van der Waals surface area contributed by atoms with Crippen LogP contribution in [0.25, 0.3) is 11.1 Å². The third-order valence-electron chi connectivity index (χ3n) is 3.89. The van der Waals surface area contributed by atoms with E-state index in [1.165, 1.54) is 0 Å². The molecule has 126 valence electrons. The lowest BCUT2D eigenvalue weighted by atomic mass is 9.93. The summed E-state index contributed by atoms with van der Waals surface area (Å²) >= 11 is 0. The maximum Gasteiger partial charge on any atom is 0.268 e. The number of nitriles is 2. The molecule has 0 saturated heterocycles. The standard InChI is InChI=1S/C20H14N4O2/c21-10-16-18(17(11-22)20(25)24-19(16)23)15-9-5-4-6-13(15)12-26-14-7-2-1-3-8-14/h1-9H,12H2,(H3,23,24,25). The van der Waals surface area contributed by atoms with Crippen molar-refractivity contribution < 1.29 is 4.74 Å². The Hall–Kier alpha value is -4.03. The third kappa shape index (κ3) is 3.12. The first-order chi connectivity index (χ1) is 12.7. The van der Waals surface area contributed by atoms with Gasteiger partial charge in [-0.15, -0.1) is 0 Å². The average molecular weight is 342 g/mol. The number of aromatic amines is 1. The smallest absolute Gasteiger partial charge is 0.268 e. The Kier molecular flexibility index (Phi) is 4.69. The van der Waals surface area contributed by atoms with Crippen LogP contribution in [0.1, 0.15) is 16.7 Å². The van der Waals surface area contributed by atoms with E-state index in [4.69, 9.17) is 10.5 Å². The molecular formula is C20H14N4O2. The van der Waals surface area contributed by atoms with Gasteiger partial charge in [-0.1, -0.05) is 42.5 Å². The molecule has 1 heterocycles. The molecule has 26 heavy (non-hydrogen) atoms. The van der Waals surface area contributed by atoms with Crippen molar-refractivity contribution in [3.8, 4) is 29.0 Å². The van der Waals surface area contributed by atoms with Gasteiger partial charge in [0.25, 0.3) is 5.56 Å². The van der Waals surface area contributed by atoms with Crippen LogP contribution in [0.3, 0.4) is 0 Å². The number of anilines is 1. The van der Waals surface area contributed by atoms with Crippen molar-refractivity contribution in [3.05, 3.63) is 81.6 Å². The van der Waals surface area contributed by atoms with Crippen molar-refractivity contribution in [2.45, 2.75) is 6.61 Å². The number of aromatic nitrogens is 1. The Bertz CT molecular complexity index is 1090. The number of hydrogen-bond acceptors (Lipinski definition) is 5. The summed E-state index contributed by atoms with van der Waals surface area (Å²) in [5.41, 5.74) is 6.60. The number of hydrogen-bond donors (Lipinski definition) is 2. The Balaban J connectivity index is 2.13. The molecule has 6 heteroatoms. The minimum absolute atomic E-state index is 0.0633. The van der Waals surface area contributed by atoms with E-state index >= 15 is 0 Å². The molecule has 0 saturated carbocycles. The summed E-state index contributed by atoms with van der Waals surface area (Å²) < 4.78 is 5.78. The van der Waals surface area contributed by atoms with E-state index in [1.54, 1.807) is 12.1 Å². The minimum Gasteiger partial charge on any atom is -0.489 e. The van der Waals surface area contributed by atoms with Crippen LogP contribution in [-0.2, 0) is 6.61 Å². The molecule has 3 rings (SSSR count). The molecular weight excluding hydrogens is 328 g/mol. The fourth-order valence-corrected chi connectivity index (χ4v) is 2.68. The number of rotatable bonds is 4. The van der Waals surface area contributed by atoms with Gasteiger partial charge < -0.3 is 15.5 Å². The molecule has 0 aliphatic rings. The van der Waals surface area contributed by atoms with E-state index in [2.05, 4.69) is 4.98 Å². The highest BCUT2D eigenvalue weighted by molar-refractivity contribution is 5.81. The third-order valence-corrected chi connectivity index (χ3v) is 3.89. The first-order valence-electron chi connectivity index (χ1n) is 7.77. The minimum atomic E-state index is -0.627. The van der Waals surface area contributed by atoms with Crippen molar-refractivity contribution in [1.29, 1.82) is 10.5 Å². The van der Waals surface area contributed by atoms with Crippen LogP contribution in [-0.4, -0.2) is 4.98 Å². The molecule has 0 spiro atoms. The molecule has 0 aliphatic heterocycles. The number of nitrogen functional groups attached to an aromatic ring is 1. The van der Waals surface area contributed by atoms with Gasteiger partial charge in [0.15, 0.2) is 0 Å². The number of nitrogens with zero attached hydrogens (tertiary/aromatic N) is 2. The zero-order valence-corrected chi connectivity index (χ0v) is 13.7. The highest BCUT2D eigenvalue weighted by atomic mass is 16.5. The first-order valence-corrected chi connectivity index (χ1v) is 7.77. The molecule has 1 aromatic heterocycles. The summed E-state index contributed by atoms with van der Waals surface area (Å²) in [5, 5.41) is 18.9. The molecule has 6 nitrogen and oxygen atoms in total. The van der Waals surface area contributed by atoms with Crippen molar-refractivity contribution >= 4 is 5.82 Å². The molecule has 0 bridgehead atoms. The van der Waals surface area contributed by atoms with Gasteiger partial charge in [-0.3, -0.25) is 4.79 Å². The number of nitrogens with one attached hydrogen (secondary N) is 1. The zero-order valence-electron chi connectivity index (χ0n) is 13.7. The topological polar surface area (TPSA) is 116 Å². The maximum absolute atomic E-state index is 12.1. The van der Waals surface area contributed by atoms with Gasteiger partial charge in [0, 0.05) is 5.56 Å². The van der Waals surface area contributed by atoms with Gasteiger partial charge in [-0.05, 0) is 23.3 Å². The number of nitrogens with two attached hydrogens (primary N) is 1.